The summed E-state index contributed by atoms with van der Waals surface area (Å²) in [5.74, 6) is 0.0958. The Morgan fingerprint density at radius 3 is 2.51 bits per heavy atom. The second kappa shape index (κ2) is 10.9. The number of carbonyl (C=O) groups excluding carboxylic acids is 3. The number of nitrogens with one attached hydrogen (secondary N) is 1. The molecule has 2 saturated heterocycles. The van der Waals surface area contributed by atoms with E-state index in [0.29, 0.717) is 25.1 Å². The fourth-order valence-electron chi connectivity index (χ4n) is 5.33. The van der Waals surface area contributed by atoms with Crippen LogP contribution in [0.2, 0.25) is 0 Å². The van der Waals surface area contributed by atoms with Crippen molar-refractivity contribution in [2.45, 2.75) is 44.8 Å². The molecule has 3 amide bonds. The van der Waals surface area contributed by atoms with Crippen LogP contribution < -0.4 is 20.7 Å². The minimum atomic E-state index is -0.581. The summed E-state index contributed by atoms with van der Waals surface area (Å²) in [6, 6.07) is 13.4. The van der Waals surface area contributed by atoms with E-state index >= 15 is 0 Å². The third-order valence-corrected chi connectivity index (χ3v) is 7.54. The number of benzene rings is 2. The molecule has 9 heteroatoms. The molecule has 0 saturated carbocycles. The maximum atomic E-state index is 12.9. The Morgan fingerprint density at radius 2 is 1.81 bits per heavy atom. The predicted octanol–water partition coefficient (Wildman–Crippen LogP) is 2.06. The minimum absolute atomic E-state index is 0.0274. The van der Waals surface area contributed by atoms with Crippen molar-refractivity contribution in [1.82, 2.24) is 15.1 Å². The van der Waals surface area contributed by atoms with E-state index in [2.05, 4.69) is 21.2 Å². The highest BCUT2D eigenvalue weighted by atomic mass is 16.5. The van der Waals surface area contributed by atoms with Crippen LogP contribution in [0.25, 0.3) is 0 Å². The number of hydrogen-bond acceptors (Lipinski definition) is 7. The molecule has 5 rings (SSSR count). The summed E-state index contributed by atoms with van der Waals surface area (Å²) < 4.78 is 5.89. The van der Waals surface area contributed by atoms with Crippen molar-refractivity contribution < 1.29 is 19.1 Å². The normalized spacial score (nSPS) is 21.1. The quantitative estimate of drug-likeness (QED) is 0.418. The topological polar surface area (TPSA) is 108 Å². The molecule has 1 unspecified atom stereocenters. The van der Waals surface area contributed by atoms with Gasteiger partial charge in [0.05, 0.1) is 6.61 Å². The van der Waals surface area contributed by atoms with Crippen LogP contribution in [0, 0.1) is 0 Å². The van der Waals surface area contributed by atoms with Crippen molar-refractivity contribution in [3.8, 4) is 5.75 Å². The maximum absolute atomic E-state index is 12.9. The number of imide groups is 1. The number of nitrogens with zero attached hydrogens (tertiary/aromatic N) is 3. The van der Waals surface area contributed by atoms with Gasteiger partial charge in [-0.15, -0.1) is 0 Å². The lowest BCUT2D eigenvalue weighted by molar-refractivity contribution is -0.136. The predicted molar refractivity (Wildman–Crippen MR) is 140 cm³/mol. The molecule has 0 aliphatic carbocycles. The molecule has 3 aliphatic rings. The largest absolute Gasteiger partial charge is 0.494 e. The van der Waals surface area contributed by atoms with Crippen molar-refractivity contribution in [1.29, 1.82) is 0 Å². The van der Waals surface area contributed by atoms with Crippen LogP contribution in [-0.2, 0) is 16.1 Å². The molecule has 2 fully saturated rings. The first-order valence-electron chi connectivity index (χ1n) is 13.1. The van der Waals surface area contributed by atoms with Gasteiger partial charge in [-0.25, -0.2) is 0 Å². The lowest BCUT2D eigenvalue weighted by atomic mass is 10.0. The Labute approximate surface area is 217 Å². The summed E-state index contributed by atoms with van der Waals surface area (Å²) in [6.45, 7) is 7.84. The number of hydrogen-bond donors (Lipinski definition) is 2. The molecule has 0 radical (unpaired) electrons. The molecule has 0 bridgehead atoms. The number of ether oxygens (including phenoxy) is 1. The van der Waals surface area contributed by atoms with Crippen LogP contribution in [0.5, 0.6) is 5.75 Å². The molecule has 196 valence electrons. The van der Waals surface area contributed by atoms with Crippen molar-refractivity contribution in [2.75, 3.05) is 44.2 Å². The SMILES string of the molecule is C[C@H](N)c1ccc(OCCCN2CCN(c3ccc4c(c3)CN(C3CCC(=O)NC3=O)C4=O)CC2)cc1. The van der Waals surface area contributed by atoms with Crippen molar-refractivity contribution in [3.63, 3.8) is 0 Å². The molecular formula is C28H35N5O4. The minimum Gasteiger partial charge on any atom is -0.494 e. The molecule has 3 N–H and O–H groups in total. The second-order valence-electron chi connectivity index (χ2n) is 10.1. The summed E-state index contributed by atoms with van der Waals surface area (Å²) >= 11 is 0. The molecule has 2 aromatic rings. The molecule has 37 heavy (non-hydrogen) atoms. The summed E-state index contributed by atoms with van der Waals surface area (Å²) in [5.41, 5.74) is 9.71. The lowest BCUT2D eigenvalue weighted by Gasteiger charge is -2.36. The molecule has 0 spiro atoms. The fourth-order valence-corrected chi connectivity index (χ4v) is 5.33. The number of anilines is 1. The van der Waals surface area contributed by atoms with Gasteiger partial charge in [0.2, 0.25) is 11.8 Å². The average Bonchev–Trinajstić information content (AvgIpc) is 3.22. The molecule has 3 heterocycles. The lowest BCUT2D eigenvalue weighted by Crippen LogP contribution is -2.52. The van der Waals surface area contributed by atoms with Gasteiger partial charge in [0.25, 0.3) is 5.91 Å². The van der Waals surface area contributed by atoms with E-state index < -0.39 is 6.04 Å². The molecule has 2 aromatic carbocycles. The van der Waals surface area contributed by atoms with E-state index in [1.165, 1.54) is 0 Å². The maximum Gasteiger partial charge on any atom is 0.255 e. The van der Waals surface area contributed by atoms with Crippen LogP contribution in [0.3, 0.4) is 0 Å². The number of rotatable bonds is 8. The number of piperidine rings is 1. The number of amides is 3. The van der Waals surface area contributed by atoms with E-state index in [9.17, 15) is 14.4 Å². The van der Waals surface area contributed by atoms with Crippen molar-refractivity contribution >= 4 is 23.4 Å². The highest BCUT2D eigenvalue weighted by Crippen LogP contribution is 2.31. The molecule has 9 nitrogen and oxygen atoms in total. The van der Waals surface area contributed by atoms with Gasteiger partial charge in [-0.1, -0.05) is 12.1 Å². The van der Waals surface area contributed by atoms with Crippen LogP contribution in [0.1, 0.15) is 53.7 Å². The van der Waals surface area contributed by atoms with Gasteiger partial charge in [0.15, 0.2) is 0 Å². The Morgan fingerprint density at radius 1 is 1.05 bits per heavy atom. The van der Waals surface area contributed by atoms with E-state index in [4.69, 9.17) is 10.5 Å². The van der Waals surface area contributed by atoms with Gasteiger partial charge in [-0.2, -0.15) is 0 Å². The van der Waals surface area contributed by atoms with Gasteiger partial charge >= 0.3 is 0 Å². The number of piperazine rings is 1. The summed E-state index contributed by atoms with van der Waals surface area (Å²) in [7, 11) is 0. The third-order valence-electron chi connectivity index (χ3n) is 7.54. The first-order chi connectivity index (χ1) is 17.9. The van der Waals surface area contributed by atoms with E-state index in [0.717, 1.165) is 61.7 Å². The Balaban J connectivity index is 1.08. The Kier molecular flexibility index (Phi) is 7.43. The van der Waals surface area contributed by atoms with Gasteiger partial charge in [-0.05, 0) is 61.2 Å². The van der Waals surface area contributed by atoms with Crippen molar-refractivity contribution in [3.05, 3.63) is 59.2 Å². The summed E-state index contributed by atoms with van der Waals surface area (Å²) in [4.78, 5) is 43.1. The van der Waals surface area contributed by atoms with Crippen LogP contribution >= 0.6 is 0 Å². The Bertz CT molecular complexity index is 1160. The summed E-state index contributed by atoms with van der Waals surface area (Å²) in [6.07, 6.45) is 1.61. The van der Waals surface area contributed by atoms with Crippen molar-refractivity contribution in [2.24, 2.45) is 5.73 Å². The third kappa shape index (κ3) is 5.62. The highest BCUT2D eigenvalue weighted by Gasteiger charge is 2.39. The second-order valence-corrected chi connectivity index (χ2v) is 10.1. The monoisotopic (exact) mass is 505 g/mol. The zero-order chi connectivity index (χ0) is 25.9. The van der Waals surface area contributed by atoms with Gasteiger partial charge in [0.1, 0.15) is 11.8 Å². The van der Waals surface area contributed by atoms with E-state index in [-0.39, 0.29) is 30.2 Å². The molecule has 2 atom stereocenters. The number of carbonyl (C=O) groups is 3. The number of nitrogens with two attached hydrogens (primary N) is 1. The smallest absolute Gasteiger partial charge is 0.255 e. The zero-order valence-corrected chi connectivity index (χ0v) is 21.3. The Hall–Kier alpha value is -3.43. The average molecular weight is 506 g/mol. The van der Waals surface area contributed by atoms with Crippen LogP contribution in [0.15, 0.2) is 42.5 Å². The first-order valence-corrected chi connectivity index (χ1v) is 13.1. The fraction of sp³-hybridized carbons (Fsp3) is 0.464. The van der Waals surface area contributed by atoms with Gasteiger partial charge < -0.3 is 20.3 Å². The zero-order valence-electron chi connectivity index (χ0n) is 21.3. The van der Waals surface area contributed by atoms with Crippen LogP contribution in [0.4, 0.5) is 5.69 Å². The van der Waals surface area contributed by atoms with E-state index in [1.54, 1.807) is 4.90 Å². The highest BCUT2D eigenvalue weighted by molar-refractivity contribution is 6.05. The first kappa shape index (κ1) is 25.2. The molecule has 0 aromatic heterocycles. The van der Waals surface area contributed by atoms with E-state index in [1.807, 2.05) is 43.3 Å². The van der Waals surface area contributed by atoms with Gasteiger partial charge in [0, 0.05) is 63.0 Å². The standard InChI is InChI=1S/C28H35N5O4/c1-19(29)20-3-6-23(7-4-20)37-16-2-11-31-12-14-32(15-13-31)22-5-8-24-21(17-22)18-33(28(24)36)25-9-10-26(34)30-27(25)35/h3-8,17,19,25H,2,9-16,18,29H2,1H3,(H,30,34,35)/t19-,25?/m0/s1. The molecule has 3 aliphatic heterocycles. The summed E-state index contributed by atoms with van der Waals surface area (Å²) in [5, 5.41) is 2.36. The van der Waals surface area contributed by atoms with Crippen LogP contribution in [-0.4, -0.2) is 72.9 Å². The van der Waals surface area contributed by atoms with Gasteiger partial charge in [-0.3, -0.25) is 24.6 Å². The molecular weight excluding hydrogens is 470 g/mol. The number of fused-ring (bicyclic) bond motifs is 1.